The second kappa shape index (κ2) is 9.52. The van der Waals surface area contributed by atoms with Gasteiger partial charge in [0.15, 0.2) is 5.82 Å². The van der Waals surface area contributed by atoms with Crippen LogP contribution in [0.4, 0.5) is 0 Å². The highest BCUT2D eigenvalue weighted by Crippen LogP contribution is 2.31. The SMILES string of the molecule is Oc1ccc(CN2CCCCC2c2nc(CCOCC3CCCC3)no2)cc1. The van der Waals surface area contributed by atoms with E-state index in [4.69, 9.17) is 9.26 Å². The average molecular weight is 386 g/mol. The van der Waals surface area contributed by atoms with Crippen molar-refractivity contribution in [3.05, 3.63) is 41.5 Å². The van der Waals surface area contributed by atoms with E-state index in [0.29, 0.717) is 18.8 Å². The van der Waals surface area contributed by atoms with Gasteiger partial charge < -0.3 is 14.4 Å². The molecule has 2 fully saturated rings. The molecule has 0 amide bonds. The molecule has 1 N–H and O–H groups in total. The molecule has 4 rings (SSSR count). The van der Waals surface area contributed by atoms with Crippen LogP contribution in [0.15, 0.2) is 28.8 Å². The van der Waals surface area contributed by atoms with Gasteiger partial charge in [-0.2, -0.15) is 4.98 Å². The van der Waals surface area contributed by atoms with Gasteiger partial charge in [-0.15, -0.1) is 0 Å². The monoisotopic (exact) mass is 385 g/mol. The number of piperidine rings is 1. The van der Waals surface area contributed by atoms with Gasteiger partial charge >= 0.3 is 0 Å². The molecule has 0 radical (unpaired) electrons. The van der Waals surface area contributed by atoms with Crippen LogP contribution in [0.25, 0.3) is 0 Å². The predicted molar refractivity (Wildman–Crippen MR) is 106 cm³/mol. The summed E-state index contributed by atoms with van der Waals surface area (Å²) < 4.78 is 11.5. The Morgan fingerprint density at radius 2 is 1.86 bits per heavy atom. The molecule has 152 valence electrons. The maximum atomic E-state index is 9.49. The van der Waals surface area contributed by atoms with Gasteiger partial charge in [-0.25, -0.2) is 0 Å². The second-order valence-electron chi connectivity index (χ2n) is 8.17. The summed E-state index contributed by atoms with van der Waals surface area (Å²) in [6, 6.07) is 7.60. The first-order valence-electron chi connectivity index (χ1n) is 10.7. The Bertz CT molecular complexity index is 725. The first-order valence-corrected chi connectivity index (χ1v) is 10.7. The lowest BCUT2D eigenvalue weighted by Gasteiger charge is -2.33. The molecule has 28 heavy (non-hydrogen) atoms. The van der Waals surface area contributed by atoms with Crippen LogP contribution in [-0.4, -0.2) is 39.9 Å². The maximum Gasteiger partial charge on any atom is 0.244 e. The van der Waals surface area contributed by atoms with Crippen LogP contribution in [0.1, 0.15) is 68.3 Å². The average Bonchev–Trinajstić information content (AvgIpc) is 3.40. The Labute approximate surface area is 166 Å². The van der Waals surface area contributed by atoms with Crippen LogP contribution < -0.4 is 0 Å². The Morgan fingerprint density at radius 1 is 1.07 bits per heavy atom. The molecule has 2 heterocycles. The fourth-order valence-corrected chi connectivity index (χ4v) is 4.39. The molecule has 0 spiro atoms. The summed E-state index contributed by atoms with van der Waals surface area (Å²) in [5.74, 6) is 2.52. The third-order valence-electron chi connectivity index (χ3n) is 6.00. The van der Waals surface area contributed by atoms with Gasteiger partial charge in [0.05, 0.1) is 12.6 Å². The number of rotatable bonds is 8. The number of hydrogen-bond acceptors (Lipinski definition) is 6. The highest BCUT2D eigenvalue weighted by atomic mass is 16.5. The predicted octanol–water partition coefficient (Wildman–Crippen LogP) is 4.25. The molecule has 1 aromatic carbocycles. The summed E-state index contributed by atoms with van der Waals surface area (Å²) in [7, 11) is 0. The molecule has 6 nitrogen and oxygen atoms in total. The highest BCUT2D eigenvalue weighted by Gasteiger charge is 2.28. The maximum absolute atomic E-state index is 9.49. The number of aromatic hydroxyl groups is 1. The van der Waals surface area contributed by atoms with Gasteiger partial charge in [-0.1, -0.05) is 36.6 Å². The zero-order chi connectivity index (χ0) is 19.2. The number of benzene rings is 1. The summed E-state index contributed by atoms with van der Waals surface area (Å²) in [4.78, 5) is 7.08. The summed E-state index contributed by atoms with van der Waals surface area (Å²) in [5.41, 5.74) is 1.18. The number of ether oxygens (including phenoxy) is 1. The summed E-state index contributed by atoms with van der Waals surface area (Å²) in [6.07, 6.45) is 9.44. The number of nitrogens with zero attached hydrogens (tertiary/aromatic N) is 3. The molecule has 6 heteroatoms. The van der Waals surface area contributed by atoms with E-state index in [1.165, 1.54) is 44.1 Å². The zero-order valence-electron chi connectivity index (χ0n) is 16.6. The third kappa shape index (κ3) is 5.11. The van der Waals surface area contributed by atoms with E-state index < -0.39 is 0 Å². The molecule has 1 aliphatic carbocycles. The van der Waals surface area contributed by atoms with Crippen LogP contribution in [0.3, 0.4) is 0 Å². The molecule has 1 atom stereocenters. The molecule has 1 aromatic heterocycles. The lowest BCUT2D eigenvalue weighted by molar-refractivity contribution is 0.102. The van der Waals surface area contributed by atoms with Gasteiger partial charge in [0.1, 0.15) is 5.75 Å². The molecule has 0 bridgehead atoms. The van der Waals surface area contributed by atoms with Crippen LogP contribution in [0.2, 0.25) is 0 Å². The number of phenolic OH excluding ortho intramolecular Hbond substituents is 1. The van der Waals surface area contributed by atoms with Gasteiger partial charge in [0.2, 0.25) is 5.89 Å². The third-order valence-corrected chi connectivity index (χ3v) is 6.00. The van der Waals surface area contributed by atoms with Crippen molar-refractivity contribution in [3.63, 3.8) is 0 Å². The van der Waals surface area contributed by atoms with Crippen molar-refractivity contribution >= 4 is 0 Å². The van der Waals surface area contributed by atoms with Crippen LogP contribution in [0, 0.1) is 5.92 Å². The topological polar surface area (TPSA) is 71.6 Å². The van der Waals surface area contributed by atoms with E-state index in [2.05, 4.69) is 15.0 Å². The summed E-state index contributed by atoms with van der Waals surface area (Å²) in [6.45, 7) is 3.38. The van der Waals surface area contributed by atoms with E-state index in [1.54, 1.807) is 12.1 Å². The van der Waals surface area contributed by atoms with Gasteiger partial charge in [0.25, 0.3) is 0 Å². The summed E-state index contributed by atoms with van der Waals surface area (Å²) >= 11 is 0. The molecule has 1 saturated heterocycles. The van der Waals surface area contributed by atoms with E-state index in [1.807, 2.05) is 12.1 Å². The minimum absolute atomic E-state index is 0.170. The van der Waals surface area contributed by atoms with E-state index in [-0.39, 0.29) is 6.04 Å². The van der Waals surface area contributed by atoms with Crippen LogP contribution in [0.5, 0.6) is 5.75 Å². The fraction of sp³-hybridized carbons (Fsp3) is 0.636. The van der Waals surface area contributed by atoms with Gasteiger partial charge in [-0.3, -0.25) is 4.90 Å². The molecule has 1 aliphatic heterocycles. The first kappa shape index (κ1) is 19.4. The normalized spacial score (nSPS) is 21.4. The number of phenols is 1. The Morgan fingerprint density at radius 3 is 2.68 bits per heavy atom. The van der Waals surface area contributed by atoms with E-state index in [0.717, 1.165) is 43.8 Å². The standard InChI is InChI=1S/C22H31N3O3/c26-19-10-8-17(9-11-19)15-25-13-4-3-7-20(25)22-23-21(24-28-22)12-14-27-16-18-5-1-2-6-18/h8-11,18,20,26H,1-7,12-16H2. The van der Waals surface area contributed by atoms with Crippen LogP contribution >= 0.6 is 0 Å². The lowest BCUT2D eigenvalue weighted by atomic mass is 10.0. The van der Waals surface area contributed by atoms with Crippen molar-refractivity contribution in [1.82, 2.24) is 15.0 Å². The van der Waals surface area contributed by atoms with Crippen molar-refractivity contribution in [2.24, 2.45) is 5.92 Å². The minimum atomic E-state index is 0.170. The van der Waals surface area contributed by atoms with Gasteiger partial charge in [0, 0.05) is 19.6 Å². The van der Waals surface area contributed by atoms with E-state index >= 15 is 0 Å². The number of hydrogen-bond donors (Lipinski definition) is 1. The highest BCUT2D eigenvalue weighted by molar-refractivity contribution is 5.26. The number of aromatic nitrogens is 2. The molecular formula is C22H31N3O3. The molecule has 1 saturated carbocycles. The first-order chi connectivity index (χ1) is 13.8. The second-order valence-corrected chi connectivity index (χ2v) is 8.17. The van der Waals surface area contributed by atoms with Crippen LogP contribution in [-0.2, 0) is 17.7 Å². The lowest BCUT2D eigenvalue weighted by Crippen LogP contribution is -2.33. The minimum Gasteiger partial charge on any atom is -0.508 e. The van der Waals surface area contributed by atoms with Crippen molar-refractivity contribution < 1.29 is 14.4 Å². The molecule has 2 aliphatic rings. The quantitative estimate of drug-likeness (QED) is 0.685. The van der Waals surface area contributed by atoms with Crippen molar-refractivity contribution in [2.75, 3.05) is 19.8 Å². The smallest absolute Gasteiger partial charge is 0.244 e. The van der Waals surface area contributed by atoms with E-state index in [9.17, 15) is 5.11 Å². The van der Waals surface area contributed by atoms with Crippen molar-refractivity contribution in [2.45, 2.75) is 64.0 Å². The number of likely N-dealkylation sites (tertiary alicyclic amines) is 1. The zero-order valence-corrected chi connectivity index (χ0v) is 16.6. The molecule has 1 unspecified atom stereocenters. The molecule has 2 aromatic rings. The fourth-order valence-electron chi connectivity index (χ4n) is 4.39. The Kier molecular flexibility index (Phi) is 6.60. The van der Waals surface area contributed by atoms with Gasteiger partial charge in [-0.05, 0) is 55.8 Å². The van der Waals surface area contributed by atoms with Crippen molar-refractivity contribution in [1.29, 1.82) is 0 Å². The van der Waals surface area contributed by atoms with Crippen molar-refractivity contribution in [3.8, 4) is 5.75 Å². The summed E-state index contributed by atoms with van der Waals surface area (Å²) in [5, 5.41) is 13.7. The largest absolute Gasteiger partial charge is 0.508 e. The Balaban J connectivity index is 1.30. The Hall–Kier alpha value is -1.92. The molecular weight excluding hydrogens is 354 g/mol.